The second-order valence-corrected chi connectivity index (χ2v) is 8.67. The van der Waals surface area contributed by atoms with Crippen LogP contribution in [0.15, 0.2) is 35.7 Å². The third kappa shape index (κ3) is 7.52. The van der Waals surface area contributed by atoms with Gasteiger partial charge in [-0.25, -0.2) is 0 Å². The van der Waals surface area contributed by atoms with Crippen molar-refractivity contribution in [2.75, 3.05) is 19.6 Å². The van der Waals surface area contributed by atoms with Gasteiger partial charge in [0.25, 0.3) is 0 Å². The monoisotopic (exact) mass is 399 g/mol. The van der Waals surface area contributed by atoms with Crippen molar-refractivity contribution < 1.29 is 4.79 Å². The van der Waals surface area contributed by atoms with E-state index in [4.69, 9.17) is 0 Å². The first-order chi connectivity index (χ1) is 13.7. The van der Waals surface area contributed by atoms with Crippen LogP contribution >= 0.6 is 11.3 Å². The van der Waals surface area contributed by atoms with E-state index in [1.165, 1.54) is 87.0 Å². The summed E-state index contributed by atoms with van der Waals surface area (Å²) >= 11 is 1.53. The summed E-state index contributed by atoms with van der Waals surface area (Å²) < 4.78 is 0. The Kier molecular flexibility index (Phi) is 10.5. The Hall–Kier alpha value is -1.45. The Morgan fingerprint density at radius 3 is 2.25 bits per heavy atom. The number of carbonyl (C=O) groups is 1. The van der Waals surface area contributed by atoms with E-state index in [0.29, 0.717) is 0 Å². The summed E-state index contributed by atoms with van der Waals surface area (Å²) in [4.78, 5) is 16.1. The molecule has 0 aliphatic rings. The van der Waals surface area contributed by atoms with Crippen LogP contribution in [0.2, 0.25) is 0 Å². The third-order valence-electron chi connectivity index (χ3n) is 5.57. The van der Waals surface area contributed by atoms with Gasteiger partial charge in [-0.05, 0) is 62.8 Å². The molecule has 0 bridgehead atoms. The number of carbonyl (C=O) groups excluding carboxylic acids is 1. The van der Waals surface area contributed by atoms with Crippen molar-refractivity contribution in [2.45, 2.75) is 72.1 Å². The van der Waals surface area contributed by atoms with Gasteiger partial charge in [-0.3, -0.25) is 4.79 Å². The van der Waals surface area contributed by atoms with Gasteiger partial charge in [-0.15, -0.1) is 11.3 Å². The van der Waals surface area contributed by atoms with Gasteiger partial charge >= 0.3 is 0 Å². The van der Waals surface area contributed by atoms with Gasteiger partial charge in [0.2, 0.25) is 5.78 Å². The fourth-order valence-corrected chi connectivity index (χ4v) is 4.44. The van der Waals surface area contributed by atoms with Crippen molar-refractivity contribution in [3.05, 3.63) is 57.3 Å². The number of aryl methyl sites for hydroxylation is 2. The molecule has 3 heteroatoms. The number of ketones is 1. The molecule has 0 aliphatic heterocycles. The summed E-state index contributed by atoms with van der Waals surface area (Å²) in [6.45, 7) is 10.2. The van der Waals surface area contributed by atoms with Gasteiger partial charge in [0.1, 0.15) is 0 Å². The van der Waals surface area contributed by atoms with Crippen molar-refractivity contribution >= 4 is 17.1 Å². The lowest BCUT2D eigenvalue weighted by molar-refractivity contribution is 0.104. The molecule has 28 heavy (non-hydrogen) atoms. The Morgan fingerprint density at radius 1 is 0.929 bits per heavy atom. The molecular weight excluding hydrogens is 362 g/mol. The highest BCUT2D eigenvalue weighted by molar-refractivity contribution is 7.12. The van der Waals surface area contributed by atoms with Crippen LogP contribution in [-0.2, 0) is 6.42 Å². The molecule has 1 heterocycles. The minimum atomic E-state index is 0.179. The van der Waals surface area contributed by atoms with Gasteiger partial charge in [-0.1, -0.05) is 75.8 Å². The van der Waals surface area contributed by atoms with Crippen molar-refractivity contribution in [1.29, 1.82) is 0 Å². The highest BCUT2D eigenvalue weighted by Crippen LogP contribution is 2.21. The number of unbranched alkanes of at least 4 members (excludes halogenated alkanes) is 6. The van der Waals surface area contributed by atoms with Gasteiger partial charge < -0.3 is 4.90 Å². The molecule has 0 spiro atoms. The topological polar surface area (TPSA) is 20.3 Å². The zero-order valence-corrected chi connectivity index (χ0v) is 18.8. The smallest absolute Gasteiger partial charge is 0.203 e. The molecule has 0 saturated carbocycles. The summed E-state index contributed by atoms with van der Waals surface area (Å²) in [5.74, 6) is 0.179. The molecule has 0 saturated heterocycles. The largest absolute Gasteiger partial charge is 0.304 e. The zero-order valence-electron chi connectivity index (χ0n) is 18.0. The molecule has 1 aromatic carbocycles. The van der Waals surface area contributed by atoms with Gasteiger partial charge in [0.15, 0.2) is 0 Å². The van der Waals surface area contributed by atoms with Gasteiger partial charge in [0.05, 0.1) is 4.88 Å². The van der Waals surface area contributed by atoms with E-state index in [0.717, 1.165) is 16.9 Å². The summed E-state index contributed by atoms with van der Waals surface area (Å²) in [5.41, 5.74) is 3.35. The van der Waals surface area contributed by atoms with Crippen LogP contribution in [0.5, 0.6) is 0 Å². The van der Waals surface area contributed by atoms with Crippen LogP contribution in [0.3, 0.4) is 0 Å². The van der Waals surface area contributed by atoms with E-state index >= 15 is 0 Å². The molecular formula is C25H37NOS. The van der Waals surface area contributed by atoms with E-state index in [1.807, 2.05) is 23.6 Å². The first kappa shape index (κ1) is 22.8. The normalized spacial score (nSPS) is 11.3. The van der Waals surface area contributed by atoms with Crippen LogP contribution < -0.4 is 0 Å². The molecule has 0 N–H and O–H groups in total. The molecule has 1 aromatic heterocycles. The summed E-state index contributed by atoms with van der Waals surface area (Å²) in [5, 5.41) is 1.98. The minimum Gasteiger partial charge on any atom is -0.304 e. The summed E-state index contributed by atoms with van der Waals surface area (Å²) in [7, 11) is 0. The van der Waals surface area contributed by atoms with Gasteiger partial charge in [-0.2, -0.15) is 0 Å². The molecule has 0 atom stereocenters. The van der Waals surface area contributed by atoms with E-state index in [2.05, 4.69) is 37.8 Å². The molecule has 2 aromatic rings. The lowest BCUT2D eigenvalue weighted by Gasteiger charge is -2.17. The first-order valence-corrected chi connectivity index (χ1v) is 11.9. The first-order valence-electron chi connectivity index (χ1n) is 11.1. The maximum absolute atomic E-state index is 12.8. The lowest BCUT2D eigenvalue weighted by Crippen LogP contribution is -2.23. The molecule has 0 amide bonds. The van der Waals surface area contributed by atoms with Crippen LogP contribution in [0.25, 0.3) is 0 Å². The highest BCUT2D eigenvalue weighted by atomic mass is 32.1. The van der Waals surface area contributed by atoms with E-state index in [-0.39, 0.29) is 5.78 Å². The Labute approximate surface area is 176 Å². The minimum absolute atomic E-state index is 0.179. The third-order valence-corrected chi connectivity index (χ3v) is 6.43. The van der Waals surface area contributed by atoms with Gasteiger partial charge in [0, 0.05) is 5.56 Å². The van der Waals surface area contributed by atoms with E-state index in [1.54, 1.807) is 0 Å². The predicted octanol–water partition coefficient (Wildman–Crippen LogP) is 6.90. The van der Waals surface area contributed by atoms with E-state index in [9.17, 15) is 4.79 Å². The SMILES string of the molecule is CCN(CC)CCCCCCCCCc1cc(C)ccc1C(=O)c1cccs1. The zero-order chi connectivity index (χ0) is 20.2. The van der Waals surface area contributed by atoms with Crippen LogP contribution in [-0.4, -0.2) is 30.3 Å². The van der Waals surface area contributed by atoms with Crippen molar-refractivity contribution in [1.82, 2.24) is 4.90 Å². The highest BCUT2D eigenvalue weighted by Gasteiger charge is 2.14. The number of benzene rings is 1. The summed E-state index contributed by atoms with van der Waals surface area (Å²) in [6, 6.07) is 10.2. The standard InChI is InChI=1S/C25H37NOS/c1-4-26(5-2)18-12-10-8-6-7-9-11-14-22-20-21(3)16-17-23(22)25(27)24-15-13-19-28-24/h13,15-17,19-20H,4-12,14,18H2,1-3H3. The maximum atomic E-state index is 12.8. The Bertz CT molecular complexity index is 689. The second kappa shape index (κ2) is 12.9. The maximum Gasteiger partial charge on any atom is 0.203 e. The average Bonchev–Trinajstić information content (AvgIpc) is 3.24. The number of hydrogen-bond acceptors (Lipinski definition) is 3. The summed E-state index contributed by atoms with van der Waals surface area (Å²) in [6.07, 6.45) is 10.1. The van der Waals surface area contributed by atoms with Crippen LogP contribution in [0.4, 0.5) is 0 Å². The number of nitrogens with zero attached hydrogens (tertiary/aromatic N) is 1. The molecule has 0 unspecified atom stereocenters. The van der Waals surface area contributed by atoms with Crippen LogP contribution in [0, 0.1) is 6.92 Å². The quantitative estimate of drug-likeness (QED) is 0.254. The van der Waals surface area contributed by atoms with E-state index < -0.39 is 0 Å². The molecule has 0 fully saturated rings. The van der Waals surface area contributed by atoms with Crippen molar-refractivity contribution in [3.63, 3.8) is 0 Å². The Balaban J connectivity index is 1.69. The molecule has 2 rings (SSSR count). The molecule has 154 valence electrons. The molecule has 0 aliphatic carbocycles. The Morgan fingerprint density at radius 2 is 1.61 bits per heavy atom. The van der Waals surface area contributed by atoms with Crippen molar-refractivity contribution in [3.8, 4) is 0 Å². The molecule has 2 nitrogen and oxygen atoms in total. The fourth-order valence-electron chi connectivity index (χ4n) is 3.77. The number of hydrogen-bond donors (Lipinski definition) is 0. The number of thiophene rings is 1. The van der Waals surface area contributed by atoms with Crippen LogP contribution in [0.1, 0.15) is 85.2 Å². The number of rotatable bonds is 14. The molecule has 0 radical (unpaired) electrons. The second-order valence-electron chi connectivity index (χ2n) is 7.72. The average molecular weight is 400 g/mol. The fraction of sp³-hybridized carbons (Fsp3) is 0.560. The predicted molar refractivity (Wildman–Crippen MR) is 123 cm³/mol. The van der Waals surface area contributed by atoms with Crippen molar-refractivity contribution in [2.24, 2.45) is 0 Å². The lowest BCUT2D eigenvalue weighted by atomic mass is 9.95.